The van der Waals surface area contributed by atoms with Crippen LogP contribution in [0.15, 0.2) is 0 Å². The Balaban J connectivity index is 2.61. The van der Waals surface area contributed by atoms with Gasteiger partial charge in [-0.25, -0.2) is 4.79 Å². The van der Waals surface area contributed by atoms with E-state index in [9.17, 15) is 9.59 Å². The van der Waals surface area contributed by atoms with Crippen molar-refractivity contribution in [3.8, 4) is 0 Å². The second-order valence-electron chi connectivity index (χ2n) is 6.54. The van der Waals surface area contributed by atoms with Crippen LogP contribution in [0.1, 0.15) is 59.3 Å². The van der Waals surface area contributed by atoms with Gasteiger partial charge in [-0.3, -0.25) is 4.79 Å². The molecule has 0 aliphatic heterocycles. The molecule has 0 aromatic carbocycles. The molecule has 1 saturated carbocycles. The van der Waals surface area contributed by atoms with Gasteiger partial charge in [0.1, 0.15) is 6.04 Å². The van der Waals surface area contributed by atoms with Gasteiger partial charge in [0.15, 0.2) is 0 Å². The van der Waals surface area contributed by atoms with Gasteiger partial charge in [-0.2, -0.15) is 0 Å². The highest BCUT2D eigenvalue weighted by Gasteiger charge is 2.30. The first-order chi connectivity index (χ1) is 8.84. The van der Waals surface area contributed by atoms with Crippen molar-refractivity contribution in [1.29, 1.82) is 0 Å². The molecule has 0 radical (unpaired) electrons. The van der Waals surface area contributed by atoms with E-state index in [1.54, 1.807) is 0 Å². The van der Waals surface area contributed by atoms with Crippen LogP contribution in [0.2, 0.25) is 0 Å². The first-order valence-corrected chi connectivity index (χ1v) is 7.23. The van der Waals surface area contributed by atoms with Gasteiger partial charge in [0, 0.05) is 5.41 Å². The van der Waals surface area contributed by atoms with Crippen molar-refractivity contribution in [2.24, 2.45) is 11.3 Å². The van der Waals surface area contributed by atoms with Crippen LogP contribution in [-0.2, 0) is 14.3 Å². The van der Waals surface area contributed by atoms with Gasteiger partial charge in [-0.15, -0.1) is 0 Å². The van der Waals surface area contributed by atoms with Gasteiger partial charge in [0.25, 0.3) is 0 Å². The molecule has 4 heteroatoms. The number of esters is 1. The van der Waals surface area contributed by atoms with Gasteiger partial charge in [0.2, 0.25) is 5.91 Å². The molecule has 1 aliphatic carbocycles. The van der Waals surface area contributed by atoms with E-state index in [2.05, 4.69) is 5.32 Å². The predicted octanol–water partition coefficient (Wildman–Crippen LogP) is 2.66. The molecule has 19 heavy (non-hydrogen) atoms. The van der Waals surface area contributed by atoms with Crippen LogP contribution in [-0.4, -0.2) is 25.0 Å². The fourth-order valence-electron chi connectivity index (χ4n) is 2.49. The second-order valence-corrected chi connectivity index (χ2v) is 6.54. The van der Waals surface area contributed by atoms with Crippen molar-refractivity contribution in [3.05, 3.63) is 0 Å². The van der Waals surface area contributed by atoms with Crippen LogP contribution in [0.3, 0.4) is 0 Å². The van der Waals surface area contributed by atoms with Gasteiger partial charge < -0.3 is 10.1 Å². The summed E-state index contributed by atoms with van der Waals surface area (Å²) in [6, 6.07) is -0.500. The zero-order valence-corrected chi connectivity index (χ0v) is 12.6. The van der Waals surface area contributed by atoms with Gasteiger partial charge in [-0.05, 0) is 12.3 Å². The molecular formula is C15H27NO3. The third-order valence-corrected chi connectivity index (χ3v) is 3.77. The maximum absolute atomic E-state index is 12.0. The molecule has 1 aliphatic rings. The van der Waals surface area contributed by atoms with E-state index < -0.39 is 11.5 Å². The summed E-state index contributed by atoms with van der Waals surface area (Å²) in [5.74, 6) is 0.0972. The molecule has 1 N–H and O–H groups in total. The van der Waals surface area contributed by atoms with Crippen LogP contribution < -0.4 is 5.32 Å². The Morgan fingerprint density at radius 1 is 1.21 bits per heavy atom. The molecule has 4 nitrogen and oxygen atoms in total. The SMILES string of the molecule is COC(=O)[C@H](CC1CCCCC1)NC(=O)C(C)(C)C. The van der Waals surface area contributed by atoms with E-state index >= 15 is 0 Å². The highest BCUT2D eigenvalue weighted by atomic mass is 16.5. The smallest absolute Gasteiger partial charge is 0.328 e. The van der Waals surface area contributed by atoms with Crippen LogP contribution in [0.5, 0.6) is 0 Å². The molecular weight excluding hydrogens is 242 g/mol. The summed E-state index contributed by atoms with van der Waals surface area (Å²) in [7, 11) is 1.37. The Morgan fingerprint density at radius 2 is 1.79 bits per heavy atom. The monoisotopic (exact) mass is 269 g/mol. The highest BCUT2D eigenvalue weighted by molar-refractivity contribution is 5.87. The van der Waals surface area contributed by atoms with Crippen molar-refractivity contribution in [2.45, 2.75) is 65.3 Å². The van der Waals surface area contributed by atoms with E-state index in [1.165, 1.54) is 26.4 Å². The number of carbonyl (C=O) groups excluding carboxylic acids is 2. The van der Waals surface area contributed by atoms with Crippen molar-refractivity contribution >= 4 is 11.9 Å². The lowest BCUT2D eigenvalue weighted by Gasteiger charge is -2.28. The number of ether oxygens (including phenoxy) is 1. The average Bonchev–Trinajstić information content (AvgIpc) is 2.37. The summed E-state index contributed by atoms with van der Waals surface area (Å²) in [6.45, 7) is 5.53. The molecule has 0 aromatic rings. The van der Waals surface area contributed by atoms with E-state index in [0.717, 1.165) is 12.8 Å². The fraction of sp³-hybridized carbons (Fsp3) is 0.867. The number of methoxy groups -OCH3 is 1. The summed E-state index contributed by atoms with van der Waals surface area (Å²) in [4.78, 5) is 23.8. The van der Waals surface area contributed by atoms with Crippen LogP contribution in [0.25, 0.3) is 0 Å². The molecule has 0 bridgehead atoms. The van der Waals surface area contributed by atoms with E-state index in [4.69, 9.17) is 4.74 Å². The Kier molecular flexibility index (Phi) is 5.83. The number of nitrogens with one attached hydrogen (secondary N) is 1. The Morgan fingerprint density at radius 3 is 2.26 bits per heavy atom. The molecule has 0 spiro atoms. The van der Waals surface area contributed by atoms with Crippen molar-refractivity contribution < 1.29 is 14.3 Å². The lowest BCUT2D eigenvalue weighted by atomic mass is 9.84. The summed E-state index contributed by atoms with van der Waals surface area (Å²) in [5, 5.41) is 2.84. The van der Waals surface area contributed by atoms with E-state index in [-0.39, 0.29) is 11.9 Å². The number of amides is 1. The van der Waals surface area contributed by atoms with Gasteiger partial charge in [0.05, 0.1) is 7.11 Å². The Hall–Kier alpha value is -1.06. The average molecular weight is 269 g/mol. The van der Waals surface area contributed by atoms with Crippen LogP contribution in [0.4, 0.5) is 0 Å². The lowest BCUT2D eigenvalue weighted by molar-refractivity contribution is -0.146. The van der Waals surface area contributed by atoms with Crippen molar-refractivity contribution in [3.63, 3.8) is 0 Å². The largest absolute Gasteiger partial charge is 0.467 e. The normalized spacial score (nSPS) is 18.7. The second kappa shape index (κ2) is 6.92. The molecule has 0 unspecified atom stereocenters. The Labute approximate surface area is 116 Å². The molecule has 0 saturated heterocycles. The third kappa shape index (κ3) is 5.21. The summed E-state index contributed by atoms with van der Waals surface area (Å²) < 4.78 is 4.81. The quantitative estimate of drug-likeness (QED) is 0.798. The van der Waals surface area contributed by atoms with E-state index in [1.807, 2.05) is 20.8 Å². The topological polar surface area (TPSA) is 55.4 Å². The fourth-order valence-corrected chi connectivity index (χ4v) is 2.49. The number of hydrogen-bond donors (Lipinski definition) is 1. The summed E-state index contributed by atoms with van der Waals surface area (Å²) in [6.07, 6.45) is 6.75. The molecule has 110 valence electrons. The number of hydrogen-bond acceptors (Lipinski definition) is 3. The first kappa shape index (κ1) is 16.0. The summed E-state index contributed by atoms with van der Waals surface area (Å²) in [5.41, 5.74) is -0.487. The van der Waals surface area contributed by atoms with Crippen LogP contribution in [0, 0.1) is 11.3 Å². The minimum absolute atomic E-state index is 0.0984. The molecule has 1 atom stereocenters. The molecule has 0 heterocycles. The van der Waals surface area contributed by atoms with Crippen LogP contribution >= 0.6 is 0 Å². The van der Waals surface area contributed by atoms with Crippen molar-refractivity contribution in [2.75, 3.05) is 7.11 Å². The standard InChI is InChI=1S/C15H27NO3/c1-15(2,3)14(18)16-12(13(17)19-4)10-11-8-6-5-7-9-11/h11-12H,5-10H2,1-4H3,(H,16,18)/t12-/m0/s1. The number of carbonyl (C=O) groups is 2. The zero-order chi connectivity index (χ0) is 14.5. The maximum Gasteiger partial charge on any atom is 0.328 e. The molecule has 1 amide bonds. The predicted molar refractivity (Wildman–Crippen MR) is 74.6 cm³/mol. The summed E-state index contributed by atoms with van der Waals surface area (Å²) >= 11 is 0. The van der Waals surface area contributed by atoms with Gasteiger partial charge >= 0.3 is 5.97 Å². The first-order valence-electron chi connectivity index (χ1n) is 7.23. The molecule has 1 fully saturated rings. The number of rotatable bonds is 4. The zero-order valence-electron chi connectivity index (χ0n) is 12.6. The lowest BCUT2D eigenvalue weighted by Crippen LogP contribution is -2.47. The maximum atomic E-state index is 12.0. The molecule has 1 rings (SSSR count). The minimum atomic E-state index is -0.500. The van der Waals surface area contributed by atoms with Gasteiger partial charge in [-0.1, -0.05) is 52.9 Å². The highest BCUT2D eigenvalue weighted by Crippen LogP contribution is 2.28. The molecule has 0 aromatic heterocycles. The minimum Gasteiger partial charge on any atom is -0.467 e. The Bertz CT molecular complexity index is 314. The third-order valence-electron chi connectivity index (χ3n) is 3.77. The van der Waals surface area contributed by atoms with Crippen molar-refractivity contribution in [1.82, 2.24) is 5.32 Å². The van der Waals surface area contributed by atoms with E-state index in [0.29, 0.717) is 12.3 Å².